The Hall–Kier alpha value is -2.99. The lowest BCUT2D eigenvalue weighted by atomic mass is 10.1. The predicted octanol–water partition coefficient (Wildman–Crippen LogP) is 3.49. The number of hydrogen-bond acceptors (Lipinski definition) is 5. The molecule has 1 amide bonds. The van der Waals surface area contributed by atoms with Crippen LogP contribution in [0.25, 0.3) is 11.5 Å². The Morgan fingerprint density at radius 2 is 1.92 bits per heavy atom. The summed E-state index contributed by atoms with van der Waals surface area (Å²) in [6, 6.07) is 14.6. The Morgan fingerprint density at radius 3 is 2.71 bits per heavy atom. The second-order valence-corrected chi connectivity index (χ2v) is 5.68. The fourth-order valence-corrected chi connectivity index (χ4v) is 2.71. The zero-order chi connectivity index (χ0) is 16.7. The third-order valence-electron chi connectivity index (χ3n) is 3.72. The summed E-state index contributed by atoms with van der Waals surface area (Å²) in [6.45, 7) is 0. The molecule has 0 saturated heterocycles. The van der Waals surface area contributed by atoms with E-state index < -0.39 is 0 Å². The molecule has 24 heavy (non-hydrogen) atoms. The number of aromatic nitrogens is 2. The molecule has 1 aliphatic heterocycles. The third-order valence-corrected chi connectivity index (χ3v) is 3.96. The first-order valence-corrected chi connectivity index (χ1v) is 7.57. The zero-order valence-corrected chi connectivity index (χ0v) is 13.4. The van der Waals surface area contributed by atoms with Crippen LogP contribution in [-0.2, 0) is 4.79 Å². The van der Waals surface area contributed by atoms with Crippen molar-refractivity contribution < 1.29 is 9.21 Å². The van der Waals surface area contributed by atoms with Gasteiger partial charge in [-0.3, -0.25) is 4.79 Å². The van der Waals surface area contributed by atoms with Gasteiger partial charge in [0, 0.05) is 23.2 Å². The molecule has 0 aliphatic carbocycles. The number of amides is 1. The van der Waals surface area contributed by atoms with E-state index in [1.54, 1.807) is 25.2 Å². The monoisotopic (exact) mass is 338 g/mol. The van der Waals surface area contributed by atoms with Crippen molar-refractivity contribution in [1.29, 1.82) is 0 Å². The SMILES string of the molecule is CN1C(=O)/C(=N\c2nnc(-c3ccccc3)o2)c2cc(Cl)ccc21. The Balaban J connectivity index is 1.76. The lowest BCUT2D eigenvalue weighted by Crippen LogP contribution is -2.25. The Morgan fingerprint density at radius 1 is 1.12 bits per heavy atom. The maximum absolute atomic E-state index is 12.4. The van der Waals surface area contributed by atoms with Gasteiger partial charge in [0.25, 0.3) is 5.91 Å². The van der Waals surface area contributed by atoms with Crippen molar-refractivity contribution >= 4 is 34.9 Å². The number of hydrogen-bond donors (Lipinski definition) is 0. The summed E-state index contributed by atoms with van der Waals surface area (Å²) in [4.78, 5) is 18.2. The largest absolute Gasteiger partial charge is 0.402 e. The fraction of sp³-hybridized carbons (Fsp3) is 0.0588. The lowest BCUT2D eigenvalue weighted by Gasteiger charge is -2.07. The summed E-state index contributed by atoms with van der Waals surface area (Å²) < 4.78 is 5.55. The topological polar surface area (TPSA) is 71.6 Å². The minimum atomic E-state index is -0.244. The van der Waals surface area contributed by atoms with Gasteiger partial charge in [0.05, 0.1) is 5.69 Å². The second-order valence-electron chi connectivity index (χ2n) is 5.24. The Labute approximate surface area is 142 Å². The molecule has 0 saturated carbocycles. The molecule has 2 aromatic carbocycles. The van der Waals surface area contributed by atoms with E-state index in [0.717, 1.165) is 11.3 Å². The van der Waals surface area contributed by atoms with Gasteiger partial charge in [-0.1, -0.05) is 34.9 Å². The minimum absolute atomic E-state index is 0.0263. The van der Waals surface area contributed by atoms with Crippen LogP contribution in [0, 0.1) is 0 Å². The molecule has 0 unspecified atom stereocenters. The normalized spacial score (nSPS) is 15.2. The average molecular weight is 339 g/mol. The van der Waals surface area contributed by atoms with Gasteiger partial charge in [-0.2, -0.15) is 4.99 Å². The quantitative estimate of drug-likeness (QED) is 0.717. The van der Waals surface area contributed by atoms with Gasteiger partial charge >= 0.3 is 6.01 Å². The number of nitrogens with zero attached hydrogens (tertiary/aromatic N) is 4. The number of carbonyl (C=O) groups is 1. The van der Waals surface area contributed by atoms with Gasteiger partial charge in [0.15, 0.2) is 0 Å². The Kier molecular flexibility index (Phi) is 3.39. The van der Waals surface area contributed by atoms with Crippen LogP contribution in [0.2, 0.25) is 5.02 Å². The number of fused-ring (bicyclic) bond motifs is 1. The molecule has 0 N–H and O–H groups in total. The highest BCUT2D eigenvalue weighted by atomic mass is 35.5. The van der Waals surface area contributed by atoms with E-state index in [4.69, 9.17) is 16.0 Å². The first kappa shape index (κ1) is 14.6. The van der Waals surface area contributed by atoms with Gasteiger partial charge in [-0.15, -0.1) is 5.10 Å². The van der Waals surface area contributed by atoms with Crippen LogP contribution < -0.4 is 4.90 Å². The van der Waals surface area contributed by atoms with Gasteiger partial charge in [0.1, 0.15) is 5.71 Å². The van der Waals surface area contributed by atoms with Crippen molar-refractivity contribution in [3.63, 3.8) is 0 Å². The van der Waals surface area contributed by atoms with Crippen molar-refractivity contribution in [2.75, 3.05) is 11.9 Å². The van der Waals surface area contributed by atoms with Crippen LogP contribution in [-0.4, -0.2) is 28.9 Å². The van der Waals surface area contributed by atoms with Crippen molar-refractivity contribution in [2.24, 2.45) is 4.99 Å². The van der Waals surface area contributed by atoms with Crippen LogP contribution in [0.5, 0.6) is 0 Å². The number of rotatable bonds is 2. The van der Waals surface area contributed by atoms with Crippen LogP contribution in [0.4, 0.5) is 11.7 Å². The molecule has 0 radical (unpaired) electrons. The van der Waals surface area contributed by atoms with E-state index in [2.05, 4.69) is 15.2 Å². The zero-order valence-electron chi connectivity index (χ0n) is 12.6. The summed E-state index contributed by atoms with van der Waals surface area (Å²) in [5.41, 5.74) is 2.41. The molecule has 6 nitrogen and oxygen atoms in total. The summed E-state index contributed by atoms with van der Waals surface area (Å²) in [5, 5.41) is 8.40. The van der Waals surface area contributed by atoms with E-state index in [9.17, 15) is 4.79 Å². The standard InChI is InChI=1S/C17H11ClN4O2/c1-22-13-8-7-11(18)9-12(13)14(16(22)23)19-17-21-20-15(24-17)10-5-3-2-4-6-10/h2-9H,1H3/b19-14-. The highest BCUT2D eigenvalue weighted by Crippen LogP contribution is 2.32. The maximum Gasteiger partial charge on any atom is 0.343 e. The third kappa shape index (κ3) is 2.37. The lowest BCUT2D eigenvalue weighted by molar-refractivity contribution is -0.111. The van der Waals surface area contributed by atoms with Crippen molar-refractivity contribution in [1.82, 2.24) is 10.2 Å². The van der Waals surface area contributed by atoms with E-state index in [0.29, 0.717) is 16.5 Å². The molecule has 4 rings (SSSR count). The van der Waals surface area contributed by atoms with Crippen LogP contribution >= 0.6 is 11.6 Å². The second kappa shape index (κ2) is 5.58. The summed E-state index contributed by atoms with van der Waals surface area (Å²) in [6.07, 6.45) is 0. The van der Waals surface area contributed by atoms with Gasteiger partial charge in [-0.25, -0.2) is 0 Å². The molecule has 0 bridgehead atoms. The van der Waals surface area contributed by atoms with E-state index in [1.165, 1.54) is 4.90 Å². The van der Waals surface area contributed by atoms with Gasteiger partial charge in [-0.05, 0) is 30.3 Å². The van der Waals surface area contributed by atoms with E-state index >= 15 is 0 Å². The molecular formula is C17H11ClN4O2. The first-order valence-electron chi connectivity index (χ1n) is 7.19. The van der Waals surface area contributed by atoms with Gasteiger partial charge < -0.3 is 9.32 Å². The van der Waals surface area contributed by atoms with E-state index in [1.807, 2.05) is 30.3 Å². The van der Waals surface area contributed by atoms with Crippen LogP contribution in [0.15, 0.2) is 57.9 Å². The molecular weight excluding hydrogens is 328 g/mol. The highest BCUT2D eigenvalue weighted by molar-refractivity contribution is 6.54. The predicted molar refractivity (Wildman–Crippen MR) is 90.8 cm³/mol. The smallest absolute Gasteiger partial charge is 0.343 e. The molecule has 0 atom stereocenters. The average Bonchev–Trinajstić information content (AvgIpc) is 3.15. The molecule has 3 aromatic rings. The molecule has 1 aromatic heterocycles. The molecule has 1 aliphatic rings. The van der Waals surface area contributed by atoms with Crippen LogP contribution in [0.3, 0.4) is 0 Å². The number of aliphatic imine (C=N–C) groups is 1. The fourth-order valence-electron chi connectivity index (χ4n) is 2.54. The number of benzene rings is 2. The highest BCUT2D eigenvalue weighted by Gasteiger charge is 2.32. The molecule has 118 valence electrons. The Bertz CT molecular complexity index is 966. The first-order chi connectivity index (χ1) is 11.6. The van der Waals surface area contributed by atoms with Crippen molar-refractivity contribution in [3.05, 3.63) is 59.1 Å². The maximum atomic E-state index is 12.4. The summed E-state index contributed by atoms with van der Waals surface area (Å²) >= 11 is 6.04. The molecule has 2 heterocycles. The molecule has 0 spiro atoms. The minimum Gasteiger partial charge on any atom is -0.402 e. The molecule has 7 heteroatoms. The number of anilines is 1. The number of carbonyl (C=O) groups excluding carboxylic acids is 1. The van der Waals surface area contributed by atoms with Gasteiger partial charge in [0.2, 0.25) is 5.89 Å². The summed E-state index contributed by atoms with van der Waals surface area (Å²) in [5.74, 6) is 0.104. The van der Waals surface area contributed by atoms with E-state index in [-0.39, 0.29) is 17.6 Å². The molecule has 0 fully saturated rings. The summed E-state index contributed by atoms with van der Waals surface area (Å²) in [7, 11) is 1.68. The number of halogens is 1. The van der Waals surface area contributed by atoms with Crippen LogP contribution in [0.1, 0.15) is 5.56 Å². The number of likely N-dealkylation sites (N-methyl/N-ethyl adjacent to an activating group) is 1. The van der Waals surface area contributed by atoms with Crippen molar-refractivity contribution in [2.45, 2.75) is 0 Å². The van der Waals surface area contributed by atoms with Crippen molar-refractivity contribution in [3.8, 4) is 11.5 Å².